The first-order chi connectivity index (χ1) is 15.1. The van der Waals surface area contributed by atoms with Gasteiger partial charge >= 0.3 is 19.4 Å². The van der Waals surface area contributed by atoms with E-state index in [-0.39, 0.29) is 31.7 Å². The first-order valence-corrected chi connectivity index (χ1v) is 10.0. The molecule has 0 saturated carbocycles. The molecule has 1 aliphatic heterocycles. The zero-order chi connectivity index (χ0) is 23.4. The second-order valence-corrected chi connectivity index (χ2v) is 7.73. The van der Waals surface area contributed by atoms with E-state index in [1.165, 1.54) is 35.9 Å². The molecule has 1 fully saturated rings. The van der Waals surface area contributed by atoms with E-state index in [1.54, 1.807) is 0 Å². The summed E-state index contributed by atoms with van der Waals surface area (Å²) in [6.07, 6.45) is -4.61. The van der Waals surface area contributed by atoms with Crippen molar-refractivity contribution in [3.63, 3.8) is 0 Å². The van der Waals surface area contributed by atoms with Gasteiger partial charge in [0.1, 0.15) is 17.9 Å². The van der Waals surface area contributed by atoms with Crippen LogP contribution < -0.4 is 4.74 Å². The molecule has 0 amide bonds. The highest BCUT2D eigenvalue weighted by molar-refractivity contribution is 6.46. The number of nitrogens with zero attached hydrogens (tertiary/aromatic N) is 2. The summed E-state index contributed by atoms with van der Waals surface area (Å²) in [6, 6.07) is 13.8. The highest BCUT2D eigenvalue weighted by Crippen LogP contribution is 2.37. The third-order valence-electron chi connectivity index (χ3n) is 5.41. The first-order valence-electron chi connectivity index (χ1n) is 10.0. The van der Waals surface area contributed by atoms with Gasteiger partial charge in [-0.1, -0.05) is 42.5 Å². The topological polar surface area (TPSA) is 63.4 Å². The Hall–Kier alpha value is -3.03. The smallest absolute Gasteiger partial charge is 0.459 e. The van der Waals surface area contributed by atoms with Crippen molar-refractivity contribution in [2.75, 3.05) is 6.54 Å². The molecule has 2 aromatic rings. The summed E-state index contributed by atoms with van der Waals surface area (Å²) in [5.41, 5.74) is 0.00494. The molecule has 1 N–H and O–H groups in total. The molecule has 168 valence electrons. The predicted octanol–water partition coefficient (Wildman–Crippen LogP) is 3.71. The van der Waals surface area contributed by atoms with Crippen LogP contribution in [0.25, 0.3) is 4.85 Å². The molecule has 2 aromatic carbocycles. The Balaban J connectivity index is 1.87. The van der Waals surface area contributed by atoms with Gasteiger partial charge in [0, 0.05) is 6.42 Å². The van der Waals surface area contributed by atoms with Crippen LogP contribution in [0.4, 0.5) is 13.2 Å². The molecule has 3 rings (SSSR count). The van der Waals surface area contributed by atoms with E-state index in [9.17, 15) is 23.0 Å². The molecule has 6 nitrogen and oxygen atoms in total. The highest BCUT2D eigenvalue weighted by atomic mass is 19.4. The lowest BCUT2D eigenvalue weighted by molar-refractivity contribution is -0.274. The Morgan fingerprint density at radius 1 is 1.22 bits per heavy atom. The number of benzene rings is 2. The summed E-state index contributed by atoms with van der Waals surface area (Å²) in [6.45, 7) is 9.12. The van der Waals surface area contributed by atoms with Crippen LogP contribution >= 0.6 is 0 Å². The van der Waals surface area contributed by atoms with E-state index < -0.39 is 31.0 Å². The SMILES string of the molecule is [C-]#[N+][C@H]1CN(B(C)O)[C@](Cc2ccc(OC(F)(F)F)cc2)(C(=O)OCc2ccccc2)C1. The molecule has 0 aliphatic carbocycles. The lowest BCUT2D eigenvalue weighted by atomic mass is 9.76. The summed E-state index contributed by atoms with van der Waals surface area (Å²) in [7, 11) is -1.03. The second kappa shape index (κ2) is 9.63. The Labute approximate surface area is 184 Å². The van der Waals surface area contributed by atoms with Crippen LogP contribution in [0, 0.1) is 6.57 Å². The Morgan fingerprint density at radius 3 is 2.44 bits per heavy atom. The van der Waals surface area contributed by atoms with Crippen LogP contribution in [0.1, 0.15) is 17.5 Å². The standard InChI is InChI=1S/C22H22BF3N2O4/c1-23(30)28-14-18(27-2)13-21(28,20(29)31-15-17-6-4-3-5-7-17)12-16-8-10-19(11-9-16)32-22(24,25)26/h3-11,18,30H,12-15H2,1H3/t18-,21+/m1/s1. The summed E-state index contributed by atoms with van der Waals surface area (Å²) < 4.78 is 46.8. The molecule has 0 radical (unpaired) electrons. The number of rotatable bonds is 7. The maximum atomic E-state index is 13.3. The highest BCUT2D eigenvalue weighted by Gasteiger charge is 2.56. The van der Waals surface area contributed by atoms with Crippen molar-refractivity contribution < 1.29 is 32.5 Å². The van der Waals surface area contributed by atoms with Gasteiger partial charge in [0.15, 0.2) is 0 Å². The van der Waals surface area contributed by atoms with Gasteiger partial charge in [-0.15, -0.1) is 13.2 Å². The van der Waals surface area contributed by atoms with Crippen LogP contribution in [0.2, 0.25) is 6.82 Å². The molecule has 0 aromatic heterocycles. The second-order valence-electron chi connectivity index (χ2n) is 7.73. The van der Waals surface area contributed by atoms with Crippen molar-refractivity contribution in [1.29, 1.82) is 0 Å². The van der Waals surface area contributed by atoms with Crippen molar-refractivity contribution >= 4 is 13.0 Å². The van der Waals surface area contributed by atoms with Gasteiger partial charge < -0.3 is 19.3 Å². The van der Waals surface area contributed by atoms with Crippen molar-refractivity contribution in [2.24, 2.45) is 0 Å². The van der Waals surface area contributed by atoms with Gasteiger partial charge in [0.25, 0.3) is 0 Å². The van der Waals surface area contributed by atoms with E-state index in [2.05, 4.69) is 9.58 Å². The van der Waals surface area contributed by atoms with Crippen LogP contribution in [-0.2, 0) is 22.6 Å². The zero-order valence-corrected chi connectivity index (χ0v) is 17.4. The van der Waals surface area contributed by atoms with Crippen molar-refractivity contribution in [1.82, 2.24) is 4.81 Å². The average Bonchev–Trinajstić information content (AvgIpc) is 3.13. The number of alkyl halides is 3. The number of halogens is 3. The van der Waals surface area contributed by atoms with Gasteiger partial charge in [-0.05, 0) is 30.1 Å². The van der Waals surface area contributed by atoms with E-state index >= 15 is 0 Å². The normalized spacial score (nSPS) is 21.1. The fourth-order valence-corrected chi connectivity index (χ4v) is 4.02. The summed E-state index contributed by atoms with van der Waals surface area (Å²) in [4.78, 5) is 18.4. The number of hydrogen-bond donors (Lipinski definition) is 1. The third kappa shape index (κ3) is 5.61. The number of esters is 1. The molecule has 1 aliphatic rings. The molecule has 32 heavy (non-hydrogen) atoms. The minimum atomic E-state index is -4.80. The minimum absolute atomic E-state index is 0.0239. The fraction of sp³-hybridized carbons (Fsp3) is 0.364. The van der Waals surface area contributed by atoms with Crippen molar-refractivity contribution in [2.45, 2.75) is 44.2 Å². The number of carbonyl (C=O) groups is 1. The van der Waals surface area contributed by atoms with Gasteiger partial charge in [-0.25, -0.2) is 6.57 Å². The quantitative estimate of drug-likeness (QED) is 0.399. The molecule has 1 heterocycles. The van der Waals surface area contributed by atoms with Gasteiger partial charge in [0.05, 0.1) is 13.0 Å². The predicted molar refractivity (Wildman–Crippen MR) is 111 cm³/mol. The fourth-order valence-electron chi connectivity index (χ4n) is 4.02. The number of hydrogen-bond acceptors (Lipinski definition) is 5. The molecular weight excluding hydrogens is 424 g/mol. The van der Waals surface area contributed by atoms with Gasteiger partial charge in [-0.2, -0.15) is 0 Å². The van der Waals surface area contributed by atoms with Gasteiger partial charge in [0.2, 0.25) is 6.04 Å². The van der Waals surface area contributed by atoms with E-state index in [0.717, 1.165) is 5.56 Å². The summed E-state index contributed by atoms with van der Waals surface area (Å²) in [5.74, 6) is -0.969. The van der Waals surface area contributed by atoms with Crippen molar-refractivity contribution in [3.05, 3.63) is 77.1 Å². The molecule has 0 unspecified atom stereocenters. The number of ether oxygens (including phenoxy) is 2. The van der Waals surface area contributed by atoms with Crippen molar-refractivity contribution in [3.8, 4) is 5.75 Å². The van der Waals surface area contributed by atoms with Crippen LogP contribution in [0.15, 0.2) is 54.6 Å². The monoisotopic (exact) mass is 446 g/mol. The third-order valence-corrected chi connectivity index (χ3v) is 5.41. The van der Waals surface area contributed by atoms with E-state index in [1.807, 2.05) is 30.3 Å². The molecule has 2 atom stereocenters. The average molecular weight is 446 g/mol. The number of carbonyl (C=O) groups excluding carboxylic acids is 1. The molecular formula is C22H22BF3N2O4. The van der Waals surface area contributed by atoms with E-state index in [0.29, 0.717) is 5.56 Å². The Kier molecular flexibility index (Phi) is 7.11. The molecule has 0 spiro atoms. The maximum absolute atomic E-state index is 13.3. The van der Waals surface area contributed by atoms with Crippen LogP contribution in [-0.4, -0.2) is 47.3 Å². The Morgan fingerprint density at radius 2 is 1.88 bits per heavy atom. The van der Waals surface area contributed by atoms with E-state index in [4.69, 9.17) is 11.3 Å². The first kappa shape index (κ1) is 23.6. The van der Waals surface area contributed by atoms with Crippen LogP contribution in [0.5, 0.6) is 5.75 Å². The molecule has 10 heteroatoms. The molecule has 1 saturated heterocycles. The lowest BCUT2D eigenvalue weighted by Gasteiger charge is -2.36. The summed E-state index contributed by atoms with van der Waals surface area (Å²) >= 11 is 0. The largest absolute Gasteiger partial charge is 0.573 e. The lowest BCUT2D eigenvalue weighted by Crippen LogP contribution is -2.57. The van der Waals surface area contributed by atoms with Gasteiger partial charge in [-0.3, -0.25) is 9.61 Å². The zero-order valence-electron chi connectivity index (χ0n) is 17.4. The molecule has 0 bridgehead atoms. The van der Waals surface area contributed by atoms with Crippen LogP contribution in [0.3, 0.4) is 0 Å². The minimum Gasteiger partial charge on any atom is -0.459 e. The summed E-state index contributed by atoms with van der Waals surface area (Å²) in [5, 5.41) is 10.4. The maximum Gasteiger partial charge on any atom is 0.573 e. The Bertz CT molecular complexity index is 964.